The lowest BCUT2D eigenvalue weighted by Crippen LogP contribution is -2.47. The monoisotopic (exact) mass is 420 g/mol. The molecule has 0 spiro atoms. The van der Waals surface area contributed by atoms with Gasteiger partial charge in [0.25, 0.3) is 0 Å². The molecular weight excluding hydrogens is 391 g/mol. The minimum Gasteiger partial charge on any atom is -0.369 e. The highest BCUT2D eigenvalue weighted by atomic mass is 35.5. The Bertz CT molecular complexity index is 702. The van der Waals surface area contributed by atoms with Crippen molar-refractivity contribution in [2.24, 2.45) is 5.92 Å². The van der Waals surface area contributed by atoms with Crippen LogP contribution >= 0.6 is 11.6 Å². The van der Waals surface area contributed by atoms with Gasteiger partial charge in [0, 0.05) is 55.8 Å². The Morgan fingerprint density at radius 1 is 1.17 bits per heavy atom. The fourth-order valence-electron chi connectivity index (χ4n) is 4.38. The molecule has 1 aromatic carbocycles. The number of anilines is 1. The molecule has 5 nitrogen and oxygen atoms in total. The van der Waals surface area contributed by atoms with E-state index in [1.54, 1.807) is 6.07 Å². The molecule has 1 saturated carbocycles. The van der Waals surface area contributed by atoms with Crippen LogP contribution in [0.2, 0.25) is 5.02 Å². The molecule has 0 atom stereocenters. The average Bonchev–Trinajstić information content (AvgIpc) is 2.71. The predicted octanol–water partition coefficient (Wildman–Crippen LogP) is 3.97. The third kappa shape index (κ3) is 6.87. The molecule has 0 radical (unpaired) electrons. The predicted molar refractivity (Wildman–Crippen MR) is 113 cm³/mol. The lowest BCUT2D eigenvalue weighted by molar-refractivity contribution is -0.122. The number of benzene rings is 1. The summed E-state index contributed by atoms with van der Waals surface area (Å²) in [6, 6.07) is 7.02. The van der Waals surface area contributed by atoms with Crippen LogP contribution in [-0.4, -0.2) is 49.6 Å². The lowest BCUT2D eigenvalue weighted by atomic mass is 9.84. The van der Waals surface area contributed by atoms with Crippen molar-refractivity contribution in [2.75, 3.05) is 37.6 Å². The molecule has 158 valence electrons. The van der Waals surface area contributed by atoms with E-state index in [0.29, 0.717) is 17.9 Å². The SMILES string of the molecule is N#CCCC(=O)NC1CCC(CCN2CCN(c3cc(F)cc(Cl)c3)CC2)CC1. The van der Waals surface area contributed by atoms with Crippen LogP contribution in [0.25, 0.3) is 0 Å². The molecule has 2 aliphatic rings. The van der Waals surface area contributed by atoms with Crippen molar-refractivity contribution in [1.82, 2.24) is 10.2 Å². The number of hydrogen-bond acceptors (Lipinski definition) is 4. The van der Waals surface area contributed by atoms with E-state index in [9.17, 15) is 9.18 Å². The van der Waals surface area contributed by atoms with Crippen molar-refractivity contribution in [3.63, 3.8) is 0 Å². The van der Waals surface area contributed by atoms with E-state index in [1.165, 1.54) is 12.5 Å². The molecule has 1 amide bonds. The Labute approximate surface area is 177 Å². The highest BCUT2D eigenvalue weighted by molar-refractivity contribution is 6.30. The Kier molecular flexibility index (Phi) is 8.14. The number of nitrogens with one attached hydrogen (secondary N) is 1. The van der Waals surface area contributed by atoms with Crippen LogP contribution in [0.4, 0.5) is 10.1 Å². The maximum atomic E-state index is 13.6. The average molecular weight is 421 g/mol. The van der Waals surface area contributed by atoms with Gasteiger partial charge in [0.05, 0.1) is 6.07 Å². The summed E-state index contributed by atoms with van der Waals surface area (Å²) in [5.74, 6) is 0.446. The zero-order valence-corrected chi connectivity index (χ0v) is 17.6. The van der Waals surface area contributed by atoms with Crippen LogP contribution in [0.3, 0.4) is 0 Å². The van der Waals surface area contributed by atoms with Crippen molar-refractivity contribution in [3.05, 3.63) is 29.0 Å². The summed E-state index contributed by atoms with van der Waals surface area (Å²) in [5.41, 5.74) is 0.866. The Balaban J connectivity index is 1.33. The number of piperazine rings is 1. The Morgan fingerprint density at radius 3 is 2.55 bits per heavy atom. The second kappa shape index (κ2) is 10.8. The number of nitrogens with zero attached hydrogens (tertiary/aromatic N) is 3. The Morgan fingerprint density at radius 2 is 1.90 bits per heavy atom. The van der Waals surface area contributed by atoms with Gasteiger partial charge < -0.3 is 10.2 Å². The molecule has 1 aliphatic heterocycles. The quantitative estimate of drug-likeness (QED) is 0.725. The highest BCUT2D eigenvalue weighted by Crippen LogP contribution is 2.28. The van der Waals surface area contributed by atoms with Crippen molar-refractivity contribution < 1.29 is 9.18 Å². The summed E-state index contributed by atoms with van der Waals surface area (Å²) in [6.45, 7) is 4.85. The van der Waals surface area contributed by atoms with Crippen molar-refractivity contribution in [3.8, 4) is 6.07 Å². The molecule has 0 unspecified atom stereocenters. The molecule has 3 rings (SSSR count). The third-order valence-electron chi connectivity index (χ3n) is 6.11. The third-order valence-corrected chi connectivity index (χ3v) is 6.33. The molecule has 1 aliphatic carbocycles. The molecule has 29 heavy (non-hydrogen) atoms. The van der Waals surface area contributed by atoms with E-state index >= 15 is 0 Å². The van der Waals surface area contributed by atoms with Gasteiger partial charge >= 0.3 is 0 Å². The second-order valence-electron chi connectivity index (χ2n) is 8.19. The van der Waals surface area contributed by atoms with Gasteiger partial charge in [0.15, 0.2) is 0 Å². The lowest BCUT2D eigenvalue weighted by Gasteiger charge is -2.37. The van der Waals surface area contributed by atoms with E-state index in [1.807, 2.05) is 12.1 Å². The van der Waals surface area contributed by atoms with E-state index in [0.717, 1.165) is 70.0 Å². The number of amides is 1. The maximum absolute atomic E-state index is 13.6. The summed E-state index contributed by atoms with van der Waals surface area (Å²) in [6.07, 6.45) is 6.19. The molecule has 0 aromatic heterocycles. The number of nitriles is 1. The molecule has 7 heteroatoms. The van der Waals surface area contributed by atoms with Gasteiger partial charge in [-0.3, -0.25) is 9.69 Å². The van der Waals surface area contributed by atoms with Gasteiger partial charge in [-0.2, -0.15) is 5.26 Å². The van der Waals surface area contributed by atoms with Crippen molar-refractivity contribution >= 4 is 23.2 Å². The molecule has 2 fully saturated rings. The fraction of sp³-hybridized carbons (Fsp3) is 0.636. The van der Waals surface area contributed by atoms with Gasteiger partial charge in [-0.15, -0.1) is 0 Å². The maximum Gasteiger partial charge on any atom is 0.221 e. The van der Waals surface area contributed by atoms with Gasteiger partial charge in [-0.25, -0.2) is 4.39 Å². The summed E-state index contributed by atoms with van der Waals surface area (Å²) in [5, 5.41) is 12.1. The first-order valence-electron chi connectivity index (χ1n) is 10.6. The van der Waals surface area contributed by atoms with Crippen LogP contribution in [0.5, 0.6) is 0 Å². The van der Waals surface area contributed by atoms with Crippen molar-refractivity contribution in [1.29, 1.82) is 5.26 Å². The van der Waals surface area contributed by atoms with Gasteiger partial charge in [0.1, 0.15) is 5.82 Å². The fourth-order valence-corrected chi connectivity index (χ4v) is 4.60. The summed E-state index contributed by atoms with van der Waals surface area (Å²) in [7, 11) is 0. The topological polar surface area (TPSA) is 59.4 Å². The number of carbonyl (C=O) groups excluding carboxylic acids is 1. The molecule has 1 aromatic rings. The van der Waals surface area contributed by atoms with E-state index in [2.05, 4.69) is 15.1 Å². The highest BCUT2D eigenvalue weighted by Gasteiger charge is 2.24. The first-order valence-corrected chi connectivity index (χ1v) is 11.0. The first kappa shape index (κ1) is 21.9. The van der Waals surface area contributed by atoms with Crippen LogP contribution in [0.15, 0.2) is 18.2 Å². The Hall–Kier alpha value is -1.84. The van der Waals surface area contributed by atoms with Gasteiger partial charge in [0.2, 0.25) is 5.91 Å². The standard InChI is InChI=1S/C22H30ClFN4O/c23-18-14-19(24)16-21(15-18)28-12-10-27(11-13-28)9-7-17-3-5-20(6-4-17)26-22(29)2-1-8-25/h14-17,20H,1-7,9-13H2,(H,26,29). The summed E-state index contributed by atoms with van der Waals surface area (Å²) in [4.78, 5) is 16.4. The van der Waals surface area contributed by atoms with Crippen LogP contribution in [-0.2, 0) is 4.79 Å². The van der Waals surface area contributed by atoms with E-state index in [-0.39, 0.29) is 17.8 Å². The normalized spacial score (nSPS) is 22.9. The minimum absolute atomic E-state index is 0.00690. The second-order valence-corrected chi connectivity index (χ2v) is 8.62. The van der Waals surface area contributed by atoms with Crippen LogP contribution in [0, 0.1) is 23.1 Å². The molecular formula is C22H30ClFN4O. The van der Waals surface area contributed by atoms with Gasteiger partial charge in [-0.05, 0) is 62.8 Å². The first-order chi connectivity index (χ1) is 14.0. The van der Waals surface area contributed by atoms with E-state index in [4.69, 9.17) is 16.9 Å². The number of hydrogen-bond donors (Lipinski definition) is 1. The zero-order valence-electron chi connectivity index (χ0n) is 16.9. The number of halogens is 2. The number of carbonyl (C=O) groups is 1. The molecule has 0 bridgehead atoms. The van der Waals surface area contributed by atoms with E-state index < -0.39 is 0 Å². The molecule has 1 N–H and O–H groups in total. The molecule has 1 saturated heterocycles. The number of rotatable bonds is 7. The van der Waals surface area contributed by atoms with Crippen LogP contribution in [0.1, 0.15) is 44.9 Å². The summed E-state index contributed by atoms with van der Waals surface area (Å²) < 4.78 is 13.6. The zero-order chi connectivity index (χ0) is 20.6. The van der Waals surface area contributed by atoms with Crippen molar-refractivity contribution in [2.45, 2.75) is 51.0 Å². The van der Waals surface area contributed by atoms with Gasteiger partial charge in [-0.1, -0.05) is 11.6 Å². The minimum atomic E-state index is -0.285. The largest absolute Gasteiger partial charge is 0.369 e. The smallest absolute Gasteiger partial charge is 0.221 e. The van der Waals surface area contributed by atoms with Crippen LogP contribution < -0.4 is 10.2 Å². The summed E-state index contributed by atoms with van der Waals surface area (Å²) >= 11 is 5.98. The molecule has 1 heterocycles.